The van der Waals surface area contributed by atoms with Crippen LogP contribution in [-0.2, 0) is 0 Å². The summed E-state index contributed by atoms with van der Waals surface area (Å²) < 4.78 is 1.47. The molecule has 3 aromatic rings. The quantitative estimate of drug-likeness (QED) is 0.570. The minimum atomic E-state index is -0.379. The van der Waals surface area contributed by atoms with Crippen molar-refractivity contribution in [2.75, 3.05) is 12.3 Å². The van der Waals surface area contributed by atoms with Gasteiger partial charge in [-0.1, -0.05) is 18.2 Å². The predicted molar refractivity (Wildman–Crippen MR) is 93.6 cm³/mol. The van der Waals surface area contributed by atoms with Crippen LogP contribution in [0.3, 0.4) is 0 Å². The second kappa shape index (κ2) is 6.97. The highest BCUT2D eigenvalue weighted by Crippen LogP contribution is 2.15. The van der Waals surface area contributed by atoms with Crippen LogP contribution in [0.4, 0.5) is 0 Å². The van der Waals surface area contributed by atoms with Crippen LogP contribution in [-0.4, -0.2) is 27.6 Å². The molecule has 2 aromatic heterocycles. The zero-order valence-corrected chi connectivity index (χ0v) is 14.1. The molecule has 0 bridgehead atoms. The smallest absolute Gasteiger partial charge is 0.271 e. The molecule has 0 saturated heterocycles. The van der Waals surface area contributed by atoms with Crippen molar-refractivity contribution in [2.45, 2.75) is 11.8 Å². The molecular formula is C16H15N3O2S2. The molecule has 0 aliphatic rings. The number of hydrogen-bond donors (Lipinski definition) is 1. The molecule has 0 aliphatic carbocycles. The number of thiazole rings is 1. The van der Waals surface area contributed by atoms with Crippen LogP contribution >= 0.6 is 23.1 Å². The Labute approximate surface area is 141 Å². The lowest BCUT2D eigenvalue weighted by Gasteiger charge is -2.05. The summed E-state index contributed by atoms with van der Waals surface area (Å²) >= 11 is 3.04. The maximum absolute atomic E-state index is 12.4. The number of aromatic nitrogens is 2. The van der Waals surface area contributed by atoms with Gasteiger partial charge in [0, 0.05) is 34.5 Å². The molecule has 0 unspecified atom stereocenters. The van der Waals surface area contributed by atoms with E-state index in [2.05, 4.69) is 10.3 Å². The van der Waals surface area contributed by atoms with Gasteiger partial charge in [-0.2, -0.15) is 0 Å². The van der Waals surface area contributed by atoms with Gasteiger partial charge in [-0.25, -0.2) is 4.98 Å². The highest BCUT2D eigenvalue weighted by Gasteiger charge is 2.14. The largest absolute Gasteiger partial charge is 0.351 e. The number of thioether (sulfide) groups is 1. The number of nitrogens with zero attached hydrogens (tertiary/aromatic N) is 2. The highest BCUT2D eigenvalue weighted by atomic mass is 32.2. The van der Waals surface area contributed by atoms with E-state index in [-0.39, 0.29) is 17.0 Å². The fourth-order valence-electron chi connectivity index (χ4n) is 2.13. The lowest BCUT2D eigenvalue weighted by Crippen LogP contribution is -2.32. The maximum atomic E-state index is 12.4. The van der Waals surface area contributed by atoms with Crippen molar-refractivity contribution in [1.82, 2.24) is 14.7 Å². The molecule has 0 spiro atoms. The van der Waals surface area contributed by atoms with Crippen molar-refractivity contribution in [3.63, 3.8) is 0 Å². The number of hydrogen-bond acceptors (Lipinski definition) is 5. The number of carbonyl (C=O) groups is 1. The molecular weight excluding hydrogens is 330 g/mol. The summed E-state index contributed by atoms with van der Waals surface area (Å²) in [5.41, 5.74) is 0.549. The summed E-state index contributed by atoms with van der Waals surface area (Å²) in [5, 5.41) is 4.63. The van der Waals surface area contributed by atoms with Gasteiger partial charge in [0.15, 0.2) is 4.96 Å². The molecule has 1 N–H and O–H groups in total. The van der Waals surface area contributed by atoms with E-state index in [9.17, 15) is 9.59 Å². The lowest BCUT2D eigenvalue weighted by molar-refractivity contribution is 0.0954. The zero-order valence-electron chi connectivity index (χ0n) is 12.5. The Morgan fingerprint density at radius 1 is 1.35 bits per heavy atom. The predicted octanol–water partition coefficient (Wildman–Crippen LogP) is 2.59. The van der Waals surface area contributed by atoms with Crippen LogP contribution in [0.15, 0.2) is 51.6 Å². The van der Waals surface area contributed by atoms with E-state index in [1.807, 2.05) is 42.6 Å². The molecule has 3 rings (SSSR count). The molecule has 0 saturated carbocycles. The first-order valence-electron chi connectivity index (χ1n) is 7.09. The summed E-state index contributed by atoms with van der Waals surface area (Å²) in [6.07, 6.45) is 1.35. The Bertz CT molecular complexity index is 887. The SMILES string of the molecule is Cc1csc2ncc(C(=O)NCCSc3ccccc3)c(=O)n12. The summed E-state index contributed by atoms with van der Waals surface area (Å²) in [4.78, 5) is 30.5. The van der Waals surface area contributed by atoms with E-state index in [1.165, 1.54) is 21.9 Å². The molecule has 0 atom stereocenters. The number of rotatable bonds is 5. The molecule has 5 nitrogen and oxygen atoms in total. The summed E-state index contributed by atoms with van der Waals surface area (Å²) in [6, 6.07) is 9.97. The third-order valence-electron chi connectivity index (χ3n) is 3.26. The normalized spacial score (nSPS) is 10.8. The second-order valence-electron chi connectivity index (χ2n) is 4.89. The Hall–Kier alpha value is -2.12. The topological polar surface area (TPSA) is 63.5 Å². The Morgan fingerprint density at radius 3 is 2.91 bits per heavy atom. The molecule has 2 heterocycles. The van der Waals surface area contributed by atoms with Gasteiger partial charge in [0.25, 0.3) is 11.5 Å². The third kappa shape index (κ3) is 3.46. The van der Waals surface area contributed by atoms with Gasteiger partial charge >= 0.3 is 0 Å². The van der Waals surface area contributed by atoms with E-state index in [0.717, 1.165) is 16.3 Å². The van der Waals surface area contributed by atoms with E-state index < -0.39 is 0 Å². The number of fused-ring (bicyclic) bond motifs is 1. The summed E-state index contributed by atoms with van der Waals surface area (Å²) in [6.45, 7) is 2.31. The number of aryl methyl sites for hydroxylation is 1. The molecule has 0 aliphatic heterocycles. The third-order valence-corrected chi connectivity index (χ3v) is 5.23. The second-order valence-corrected chi connectivity index (χ2v) is 6.89. The Balaban J connectivity index is 1.63. The Kier molecular flexibility index (Phi) is 4.78. The van der Waals surface area contributed by atoms with Crippen molar-refractivity contribution in [1.29, 1.82) is 0 Å². The zero-order chi connectivity index (χ0) is 16.2. The van der Waals surface area contributed by atoms with Crippen molar-refractivity contribution >= 4 is 34.0 Å². The van der Waals surface area contributed by atoms with E-state index in [4.69, 9.17) is 0 Å². The van der Waals surface area contributed by atoms with Gasteiger partial charge in [0.05, 0.1) is 0 Å². The standard InChI is InChI=1S/C16H15N3O2S2/c1-11-10-23-16-18-9-13(15(21)19(11)16)14(20)17-7-8-22-12-5-3-2-4-6-12/h2-6,9-10H,7-8H2,1H3,(H,17,20). The number of amides is 1. The minimum absolute atomic E-state index is 0.0775. The van der Waals surface area contributed by atoms with Crippen molar-refractivity contribution < 1.29 is 4.79 Å². The van der Waals surface area contributed by atoms with E-state index >= 15 is 0 Å². The highest BCUT2D eigenvalue weighted by molar-refractivity contribution is 7.99. The first kappa shape index (κ1) is 15.8. The summed E-state index contributed by atoms with van der Waals surface area (Å²) in [5.74, 6) is 0.362. The first-order valence-corrected chi connectivity index (χ1v) is 8.95. The van der Waals surface area contributed by atoms with Crippen molar-refractivity contribution in [3.05, 3.63) is 63.5 Å². The number of benzene rings is 1. The first-order chi connectivity index (χ1) is 11.2. The van der Waals surface area contributed by atoms with Gasteiger partial charge in [0.2, 0.25) is 0 Å². The van der Waals surface area contributed by atoms with Crippen LogP contribution in [0.25, 0.3) is 4.96 Å². The van der Waals surface area contributed by atoms with Crippen LogP contribution in [0, 0.1) is 6.92 Å². The monoisotopic (exact) mass is 345 g/mol. The van der Waals surface area contributed by atoms with Gasteiger partial charge in [-0.3, -0.25) is 14.0 Å². The fraction of sp³-hybridized carbons (Fsp3) is 0.188. The van der Waals surface area contributed by atoms with Crippen molar-refractivity contribution in [2.24, 2.45) is 0 Å². The van der Waals surface area contributed by atoms with Gasteiger partial charge in [-0.15, -0.1) is 23.1 Å². The summed E-state index contributed by atoms with van der Waals surface area (Å²) in [7, 11) is 0. The number of carbonyl (C=O) groups excluding carboxylic acids is 1. The molecule has 0 fully saturated rings. The van der Waals surface area contributed by atoms with E-state index in [0.29, 0.717) is 11.5 Å². The average molecular weight is 345 g/mol. The Morgan fingerprint density at radius 2 is 2.13 bits per heavy atom. The maximum Gasteiger partial charge on any atom is 0.271 e. The average Bonchev–Trinajstić information content (AvgIpc) is 2.95. The molecule has 23 heavy (non-hydrogen) atoms. The van der Waals surface area contributed by atoms with Crippen molar-refractivity contribution in [3.8, 4) is 0 Å². The van der Waals surface area contributed by atoms with E-state index in [1.54, 1.807) is 11.8 Å². The fourth-order valence-corrected chi connectivity index (χ4v) is 3.74. The van der Waals surface area contributed by atoms with Crippen LogP contribution < -0.4 is 10.9 Å². The molecule has 7 heteroatoms. The minimum Gasteiger partial charge on any atom is -0.351 e. The lowest BCUT2D eigenvalue weighted by atomic mass is 10.3. The van der Waals surface area contributed by atoms with Gasteiger partial charge in [-0.05, 0) is 19.1 Å². The molecule has 118 valence electrons. The molecule has 0 radical (unpaired) electrons. The van der Waals surface area contributed by atoms with Gasteiger partial charge < -0.3 is 5.32 Å². The molecule has 1 aromatic carbocycles. The van der Waals surface area contributed by atoms with Crippen LogP contribution in [0.1, 0.15) is 16.1 Å². The number of nitrogens with one attached hydrogen (secondary N) is 1. The van der Waals surface area contributed by atoms with Gasteiger partial charge in [0.1, 0.15) is 5.56 Å². The van der Waals surface area contributed by atoms with Crippen LogP contribution in [0.5, 0.6) is 0 Å². The molecule has 1 amide bonds. The van der Waals surface area contributed by atoms with Crippen LogP contribution in [0.2, 0.25) is 0 Å².